The summed E-state index contributed by atoms with van der Waals surface area (Å²) in [5.74, 6) is -0.618. The van der Waals surface area contributed by atoms with E-state index in [-0.39, 0.29) is 11.8 Å². The second-order valence-corrected chi connectivity index (χ2v) is 4.62. The molecular formula is C11H18ClNO2. The molecular weight excluding hydrogens is 214 g/mol. The fourth-order valence-electron chi connectivity index (χ4n) is 2.13. The first kappa shape index (κ1) is 12.5. The normalized spacial score (nSPS) is 29.1. The number of aliphatic carboxylic acids is 1. The van der Waals surface area contributed by atoms with Gasteiger partial charge in [0, 0.05) is 18.6 Å². The Morgan fingerprint density at radius 3 is 2.80 bits per heavy atom. The summed E-state index contributed by atoms with van der Waals surface area (Å²) in [6.45, 7) is 6.54. The van der Waals surface area contributed by atoms with E-state index in [1.54, 1.807) is 5.54 Å². The summed E-state index contributed by atoms with van der Waals surface area (Å²) in [5, 5.41) is 8.97. The summed E-state index contributed by atoms with van der Waals surface area (Å²) < 4.78 is 0. The maximum atomic E-state index is 10.9. The Morgan fingerprint density at radius 2 is 2.33 bits per heavy atom. The topological polar surface area (TPSA) is 40.5 Å². The van der Waals surface area contributed by atoms with Crippen LogP contribution in [0.15, 0.2) is 11.1 Å². The van der Waals surface area contributed by atoms with Gasteiger partial charge in [-0.1, -0.05) is 18.5 Å². The van der Waals surface area contributed by atoms with Gasteiger partial charge in [0.25, 0.3) is 0 Å². The third kappa shape index (κ3) is 3.50. The molecule has 1 aliphatic rings. The van der Waals surface area contributed by atoms with E-state index < -0.39 is 5.97 Å². The van der Waals surface area contributed by atoms with Crippen molar-refractivity contribution < 1.29 is 9.90 Å². The number of carboxylic acid groups (broad SMARTS) is 1. The van der Waals surface area contributed by atoms with Gasteiger partial charge in [-0.2, -0.15) is 0 Å². The van der Waals surface area contributed by atoms with Gasteiger partial charge in [-0.05, 0) is 31.4 Å². The van der Waals surface area contributed by atoms with Crippen LogP contribution >= 0.6 is 11.6 Å². The van der Waals surface area contributed by atoms with E-state index in [2.05, 4.69) is 4.90 Å². The molecule has 0 radical (unpaired) electrons. The number of hydrogen-bond acceptors (Lipinski definition) is 2. The van der Waals surface area contributed by atoms with Crippen molar-refractivity contribution >= 4 is 17.6 Å². The lowest BCUT2D eigenvalue weighted by Crippen LogP contribution is -2.42. The second-order valence-electron chi connectivity index (χ2n) is 4.40. The third-order valence-corrected chi connectivity index (χ3v) is 3.34. The van der Waals surface area contributed by atoms with Gasteiger partial charge in [-0.25, -0.2) is 0 Å². The Morgan fingerprint density at radius 1 is 1.67 bits per heavy atom. The van der Waals surface area contributed by atoms with Crippen molar-refractivity contribution in [3.8, 4) is 0 Å². The fraction of sp³-hybridized carbons (Fsp3) is 0.727. The van der Waals surface area contributed by atoms with Crippen LogP contribution in [0.3, 0.4) is 0 Å². The molecule has 1 N–H and O–H groups in total. The molecule has 4 heteroatoms. The molecule has 15 heavy (non-hydrogen) atoms. The highest BCUT2D eigenvalue weighted by atomic mass is 35.5. The molecule has 2 atom stereocenters. The highest BCUT2D eigenvalue weighted by Crippen LogP contribution is 2.23. The number of piperidine rings is 1. The van der Waals surface area contributed by atoms with Crippen molar-refractivity contribution in [3.05, 3.63) is 11.1 Å². The van der Waals surface area contributed by atoms with Crippen molar-refractivity contribution in [2.75, 3.05) is 19.6 Å². The Hall–Kier alpha value is -0.540. The summed E-state index contributed by atoms with van der Waals surface area (Å²) in [6.07, 6.45) is 0.742. The monoisotopic (exact) mass is 231 g/mol. The molecule has 0 aromatic carbocycles. The van der Waals surface area contributed by atoms with Gasteiger partial charge in [-0.3, -0.25) is 9.69 Å². The molecule has 0 amide bonds. The molecule has 0 aromatic rings. The quantitative estimate of drug-likeness (QED) is 0.810. The molecule has 1 rings (SSSR count). The average Bonchev–Trinajstić information content (AvgIpc) is 2.17. The number of rotatable bonds is 3. The van der Waals surface area contributed by atoms with E-state index in [4.69, 9.17) is 16.7 Å². The predicted molar refractivity (Wildman–Crippen MR) is 61.0 cm³/mol. The van der Waals surface area contributed by atoms with Gasteiger partial charge in [0.05, 0.1) is 5.92 Å². The Bertz CT molecular complexity index is 265. The van der Waals surface area contributed by atoms with Crippen molar-refractivity contribution in [2.45, 2.75) is 20.3 Å². The van der Waals surface area contributed by atoms with Crippen LogP contribution in [0.5, 0.6) is 0 Å². The zero-order chi connectivity index (χ0) is 11.4. The van der Waals surface area contributed by atoms with Crippen LogP contribution in [0, 0.1) is 11.8 Å². The minimum atomic E-state index is -0.660. The van der Waals surface area contributed by atoms with Crippen LogP contribution < -0.4 is 0 Å². The van der Waals surface area contributed by atoms with E-state index >= 15 is 0 Å². The average molecular weight is 232 g/mol. The summed E-state index contributed by atoms with van der Waals surface area (Å²) >= 11 is 5.60. The van der Waals surface area contributed by atoms with Crippen molar-refractivity contribution in [1.29, 1.82) is 0 Å². The van der Waals surface area contributed by atoms with E-state index in [1.165, 1.54) is 0 Å². The first-order valence-corrected chi connectivity index (χ1v) is 5.69. The molecule has 3 nitrogen and oxygen atoms in total. The van der Waals surface area contributed by atoms with Crippen LogP contribution in [0.25, 0.3) is 0 Å². The standard InChI is InChI=1S/C11H18ClNO2/c1-8(5-12)6-13-4-3-10(11(14)15)9(2)7-13/h5,9-10H,3-4,6-7H2,1-2H3,(H,14,15)/b8-5+. The van der Waals surface area contributed by atoms with E-state index in [0.29, 0.717) is 0 Å². The number of carbonyl (C=O) groups is 1. The van der Waals surface area contributed by atoms with Crippen LogP contribution in [-0.2, 0) is 4.79 Å². The van der Waals surface area contributed by atoms with Crippen LogP contribution in [0.2, 0.25) is 0 Å². The molecule has 1 aliphatic heterocycles. The molecule has 0 aliphatic carbocycles. The number of halogens is 1. The van der Waals surface area contributed by atoms with Crippen molar-refractivity contribution in [1.82, 2.24) is 4.90 Å². The smallest absolute Gasteiger partial charge is 0.306 e. The third-order valence-electron chi connectivity index (χ3n) is 2.97. The summed E-state index contributed by atoms with van der Waals surface area (Å²) in [5.41, 5.74) is 2.71. The SMILES string of the molecule is C/C(=C\Cl)CN1CCC(C(=O)O)C(C)C1. The predicted octanol–water partition coefficient (Wildman–Crippen LogP) is 2.17. The van der Waals surface area contributed by atoms with Gasteiger partial charge in [0.15, 0.2) is 0 Å². The fourth-order valence-corrected chi connectivity index (χ4v) is 2.20. The van der Waals surface area contributed by atoms with Crippen LogP contribution in [-0.4, -0.2) is 35.6 Å². The first-order chi connectivity index (χ1) is 7.04. The Kier molecular flexibility index (Phi) is 4.61. The molecule has 0 bridgehead atoms. The van der Waals surface area contributed by atoms with Gasteiger partial charge < -0.3 is 5.11 Å². The number of hydrogen-bond donors (Lipinski definition) is 1. The molecule has 1 heterocycles. The van der Waals surface area contributed by atoms with E-state index in [0.717, 1.165) is 31.6 Å². The lowest BCUT2D eigenvalue weighted by Gasteiger charge is -2.34. The molecule has 1 fully saturated rings. The van der Waals surface area contributed by atoms with Crippen molar-refractivity contribution in [3.63, 3.8) is 0 Å². The van der Waals surface area contributed by atoms with Gasteiger partial charge >= 0.3 is 5.97 Å². The highest BCUT2D eigenvalue weighted by molar-refractivity contribution is 6.25. The molecule has 1 saturated heterocycles. The zero-order valence-electron chi connectivity index (χ0n) is 9.24. The second kappa shape index (κ2) is 5.52. The minimum absolute atomic E-state index is 0.179. The van der Waals surface area contributed by atoms with Crippen LogP contribution in [0.4, 0.5) is 0 Å². The molecule has 0 spiro atoms. The summed E-state index contributed by atoms with van der Waals surface area (Å²) in [6, 6.07) is 0. The molecule has 2 unspecified atom stereocenters. The molecule has 86 valence electrons. The Labute approximate surface area is 95.7 Å². The first-order valence-electron chi connectivity index (χ1n) is 5.25. The van der Waals surface area contributed by atoms with Gasteiger partial charge in [0.2, 0.25) is 0 Å². The summed E-state index contributed by atoms with van der Waals surface area (Å²) in [7, 11) is 0. The molecule has 0 aromatic heterocycles. The highest BCUT2D eigenvalue weighted by Gasteiger charge is 2.30. The van der Waals surface area contributed by atoms with E-state index in [1.807, 2.05) is 13.8 Å². The number of carboxylic acids is 1. The number of likely N-dealkylation sites (tertiary alicyclic amines) is 1. The largest absolute Gasteiger partial charge is 0.481 e. The summed E-state index contributed by atoms with van der Waals surface area (Å²) in [4.78, 5) is 13.2. The van der Waals surface area contributed by atoms with Crippen molar-refractivity contribution in [2.24, 2.45) is 11.8 Å². The van der Waals surface area contributed by atoms with Crippen LogP contribution in [0.1, 0.15) is 20.3 Å². The lowest BCUT2D eigenvalue weighted by molar-refractivity contribution is -0.145. The number of nitrogens with zero attached hydrogens (tertiary/aromatic N) is 1. The maximum Gasteiger partial charge on any atom is 0.306 e. The minimum Gasteiger partial charge on any atom is -0.481 e. The van der Waals surface area contributed by atoms with Gasteiger partial charge in [0.1, 0.15) is 0 Å². The zero-order valence-corrected chi connectivity index (χ0v) is 10.00. The maximum absolute atomic E-state index is 10.9. The lowest BCUT2D eigenvalue weighted by atomic mass is 9.87. The molecule has 0 saturated carbocycles. The van der Waals surface area contributed by atoms with E-state index in [9.17, 15) is 4.79 Å². The van der Waals surface area contributed by atoms with Gasteiger partial charge in [-0.15, -0.1) is 0 Å². The Balaban J connectivity index is 2.47.